The number of ether oxygens (including phenoxy) is 4. The Hall–Kier alpha value is -8.01. The first-order chi connectivity index (χ1) is 26.3. The van der Waals surface area contributed by atoms with Crippen LogP contribution < -0.4 is 0 Å². The summed E-state index contributed by atoms with van der Waals surface area (Å²) in [6.45, 7) is -1.33. The molecule has 0 saturated heterocycles. The fraction of sp³-hybridized carbons (Fsp3) is 0.147. The highest BCUT2D eigenvalue weighted by atomic mass is 16.6. The van der Waals surface area contributed by atoms with Crippen LogP contribution in [0, 0.1) is 0 Å². The predicted octanol–water partition coefficient (Wildman–Crippen LogP) is 0.528. The van der Waals surface area contributed by atoms with Gasteiger partial charge in [-0.05, 0) is 36.4 Å². The molecule has 5 rings (SSSR count). The third-order valence-corrected chi connectivity index (χ3v) is 8.08. The minimum absolute atomic E-state index is 0.261. The van der Waals surface area contributed by atoms with E-state index in [1.807, 2.05) is 0 Å². The SMILES string of the molecule is O=CC(OC(=O)c1cc(O)c(O)c(O)c1)C(OC(=O)c1cc(O)c(O)c(O)c1)C1OC(=O)c2cc(O)c(O)c(O)c2-c2c(cc(O)c(O)c2O)C(=O)OCC1O. The molecular formula is C34H26O22. The van der Waals surface area contributed by atoms with Crippen molar-refractivity contribution >= 4 is 30.2 Å². The first kappa shape index (κ1) is 39.2. The van der Waals surface area contributed by atoms with Gasteiger partial charge in [-0.15, -0.1) is 0 Å². The van der Waals surface area contributed by atoms with Crippen molar-refractivity contribution in [1.29, 1.82) is 0 Å². The van der Waals surface area contributed by atoms with Crippen molar-refractivity contribution in [2.75, 3.05) is 6.61 Å². The normalized spacial score (nSPS) is 16.4. The number of rotatable bonds is 7. The van der Waals surface area contributed by atoms with Gasteiger partial charge in [-0.1, -0.05) is 0 Å². The average molecular weight is 787 g/mol. The van der Waals surface area contributed by atoms with Crippen molar-refractivity contribution in [3.63, 3.8) is 0 Å². The molecule has 4 aromatic rings. The summed E-state index contributed by atoms with van der Waals surface area (Å²) in [7, 11) is 0. The third kappa shape index (κ3) is 7.04. The van der Waals surface area contributed by atoms with Crippen molar-refractivity contribution in [1.82, 2.24) is 0 Å². The number of benzene rings is 4. The summed E-state index contributed by atoms with van der Waals surface area (Å²) in [5.41, 5.74) is -5.74. The second-order valence-corrected chi connectivity index (χ2v) is 11.7. The van der Waals surface area contributed by atoms with Crippen molar-refractivity contribution in [2.24, 2.45) is 0 Å². The maximum atomic E-state index is 13.9. The fourth-order valence-corrected chi connectivity index (χ4v) is 5.32. The molecule has 4 unspecified atom stereocenters. The lowest BCUT2D eigenvalue weighted by Gasteiger charge is -2.32. The van der Waals surface area contributed by atoms with Crippen LogP contribution in [-0.4, -0.2) is 128 Å². The topological polar surface area (TPSA) is 385 Å². The van der Waals surface area contributed by atoms with Crippen LogP contribution in [0.1, 0.15) is 41.4 Å². The Morgan fingerprint density at radius 2 is 0.982 bits per heavy atom. The Morgan fingerprint density at radius 3 is 1.41 bits per heavy atom. The molecule has 56 heavy (non-hydrogen) atoms. The minimum Gasteiger partial charge on any atom is -0.504 e. The second-order valence-electron chi connectivity index (χ2n) is 11.7. The maximum absolute atomic E-state index is 13.9. The lowest BCUT2D eigenvalue weighted by Crippen LogP contribution is -2.52. The molecule has 1 aliphatic heterocycles. The van der Waals surface area contributed by atoms with Gasteiger partial charge in [-0.25, -0.2) is 19.2 Å². The highest BCUT2D eigenvalue weighted by Crippen LogP contribution is 2.53. The van der Waals surface area contributed by atoms with Gasteiger partial charge in [0.2, 0.25) is 11.5 Å². The summed E-state index contributed by atoms with van der Waals surface area (Å²) < 4.78 is 20.8. The van der Waals surface area contributed by atoms with E-state index in [9.17, 15) is 90.4 Å². The molecule has 13 N–H and O–H groups in total. The largest absolute Gasteiger partial charge is 0.504 e. The number of hydrogen-bond donors (Lipinski definition) is 13. The summed E-state index contributed by atoms with van der Waals surface area (Å²) in [5, 5.41) is 133. The van der Waals surface area contributed by atoms with Gasteiger partial charge in [0, 0.05) is 11.1 Å². The number of cyclic esters (lactones) is 2. The summed E-state index contributed by atoms with van der Waals surface area (Å²) in [6.07, 6.45) is -10.4. The van der Waals surface area contributed by atoms with Gasteiger partial charge in [0.05, 0.1) is 22.3 Å². The first-order valence-corrected chi connectivity index (χ1v) is 15.3. The molecule has 0 aromatic heterocycles. The molecule has 0 spiro atoms. The number of hydrogen-bond acceptors (Lipinski definition) is 22. The lowest BCUT2D eigenvalue weighted by molar-refractivity contribution is -0.141. The van der Waals surface area contributed by atoms with Crippen LogP contribution in [0.3, 0.4) is 0 Å². The van der Waals surface area contributed by atoms with Crippen LogP contribution in [0.25, 0.3) is 11.1 Å². The van der Waals surface area contributed by atoms with Gasteiger partial charge in [0.15, 0.2) is 82.1 Å². The number of carbonyl (C=O) groups excluding carboxylic acids is 5. The number of aliphatic hydroxyl groups excluding tert-OH is 1. The van der Waals surface area contributed by atoms with Crippen molar-refractivity contribution in [2.45, 2.75) is 24.4 Å². The van der Waals surface area contributed by atoms with Crippen molar-refractivity contribution in [3.05, 3.63) is 58.7 Å². The van der Waals surface area contributed by atoms with Gasteiger partial charge in [0.25, 0.3) is 0 Å². The van der Waals surface area contributed by atoms with E-state index in [0.717, 1.165) is 0 Å². The average Bonchev–Trinajstić information content (AvgIpc) is 3.16. The molecular weight excluding hydrogens is 760 g/mol. The number of esters is 4. The molecule has 1 heterocycles. The zero-order chi connectivity index (χ0) is 41.5. The zero-order valence-corrected chi connectivity index (χ0v) is 27.5. The lowest BCUT2D eigenvalue weighted by atomic mass is 9.92. The third-order valence-electron chi connectivity index (χ3n) is 8.08. The van der Waals surface area contributed by atoms with Crippen LogP contribution in [0.2, 0.25) is 0 Å². The molecule has 0 aliphatic carbocycles. The minimum atomic E-state index is -2.61. The monoisotopic (exact) mass is 786 g/mol. The summed E-state index contributed by atoms with van der Waals surface area (Å²) in [6, 6.07) is 3.03. The molecule has 22 nitrogen and oxygen atoms in total. The first-order valence-electron chi connectivity index (χ1n) is 15.3. The van der Waals surface area contributed by atoms with E-state index >= 15 is 0 Å². The van der Waals surface area contributed by atoms with Crippen molar-refractivity contribution < 1.29 is 109 Å². The summed E-state index contributed by atoms with van der Waals surface area (Å²) >= 11 is 0. The van der Waals surface area contributed by atoms with E-state index in [0.29, 0.717) is 36.4 Å². The predicted molar refractivity (Wildman–Crippen MR) is 175 cm³/mol. The standard InChI is InChI=1S/C34H26O22/c35-7-20(54-31(49)9-1-13(36)23(43)14(37)2-9)30(56-32(50)10-3-15(38)24(44)16(39)4-10)29-19(42)8-53-33(51)11-5-17(40)25(45)27(47)21(11)22-12(34(52)55-29)6-18(41)26(46)28(22)48/h1-7,19-20,29-30,36-48H,8H2. The molecule has 0 radical (unpaired) electrons. The van der Waals surface area contributed by atoms with E-state index in [2.05, 4.69) is 0 Å². The van der Waals surface area contributed by atoms with E-state index in [-0.39, 0.29) is 6.29 Å². The highest BCUT2D eigenvalue weighted by molar-refractivity contribution is 6.08. The molecule has 4 aromatic carbocycles. The van der Waals surface area contributed by atoms with E-state index in [1.54, 1.807) is 0 Å². The Balaban J connectivity index is 1.69. The molecule has 22 heteroatoms. The van der Waals surface area contributed by atoms with Crippen LogP contribution in [0.15, 0.2) is 36.4 Å². The quantitative estimate of drug-likeness (QED) is 0.0525. The van der Waals surface area contributed by atoms with Gasteiger partial charge in [-0.2, -0.15) is 0 Å². The van der Waals surface area contributed by atoms with Crippen molar-refractivity contribution in [3.8, 4) is 80.1 Å². The number of aliphatic hydroxyl groups is 1. The zero-order valence-electron chi connectivity index (χ0n) is 27.5. The molecule has 0 amide bonds. The Kier molecular flexibility index (Phi) is 10.4. The molecule has 0 saturated carbocycles. The molecule has 1 aliphatic rings. The van der Waals surface area contributed by atoms with E-state index in [1.165, 1.54) is 0 Å². The van der Waals surface area contributed by atoms with Gasteiger partial charge >= 0.3 is 23.9 Å². The molecule has 0 bridgehead atoms. The van der Waals surface area contributed by atoms with Gasteiger partial charge in [-0.3, -0.25) is 4.79 Å². The van der Waals surface area contributed by atoms with Gasteiger partial charge in [0.1, 0.15) is 12.7 Å². The van der Waals surface area contributed by atoms with Crippen LogP contribution in [0.4, 0.5) is 0 Å². The molecule has 294 valence electrons. The second kappa shape index (κ2) is 14.8. The molecule has 4 atom stereocenters. The smallest absolute Gasteiger partial charge is 0.339 e. The number of aromatic hydroxyl groups is 12. The Morgan fingerprint density at radius 1 is 0.589 bits per heavy atom. The summed E-state index contributed by atoms with van der Waals surface area (Å²) in [4.78, 5) is 66.4. The van der Waals surface area contributed by atoms with Crippen LogP contribution in [0.5, 0.6) is 69.0 Å². The van der Waals surface area contributed by atoms with E-state index < -0.39 is 157 Å². The Bertz CT molecular complexity index is 2270. The number of fused-ring (bicyclic) bond motifs is 3. The Labute approximate surface area is 309 Å². The highest BCUT2D eigenvalue weighted by Gasteiger charge is 2.45. The maximum Gasteiger partial charge on any atom is 0.339 e. The van der Waals surface area contributed by atoms with Crippen LogP contribution >= 0.6 is 0 Å². The number of carbonyl (C=O) groups is 5. The van der Waals surface area contributed by atoms with Gasteiger partial charge < -0.3 is 85.3 Å². The molecule has 0 fully saturated rings. The van der Waals surface area contributed by atoms with E-state index in [4.69, 9.17) is 18.9 Å². The van der Waals surface area contributed by atoms with Crippen LogP contribution in [-0.2, 0) is 23.7 Å². The number of aldehydes is 1. The number of phenols is 12. The fourth-order valence-electron chi connectivity index (χ4n) is 5.32. The summed E-state index contributed by atoms with van der Waals surface area (Å²) in [5.74, 6) is -21.2. The number of phenolic OH excluding ortho intramolecular Hbond substituents is 12.